The first-order chi connectivity index (χ1) is 11.5. The molecule has 1 aliphatic rings. The van der Waals surface area contributed by atoms with Crippen LogP contribution < -0.4 is 5.32 Å². The summed E-state index contributed by atoms with van der Waals surface area (Å²) in [5.41, 5.74) is 0.823. The van der Waals surface area contributed by atoms with Crippen molar-refractivity contribution in [2.45, 2.75) is 38.8 Å². The lowest BCUT2D eigenvalue weighted by Crippen LogP contribution is -2.48. The third-order valence-corrected chi connectivity index (χ3v) is 5.04. The van der Waals surface area contributed by atoms with Crippen molar-refractivity contribution >= 4 is 18.3 Å². The second-order valence-electron chi connectivity index (χ2n) is 6.87. The van der Waals surface area contributed by atoms with Gasteiger partial charge in [0.15, 0.2) is 0 Å². The highest BCUT2D eigenvalue weighted by Gasteiger charge is 2.28. The number of nitrogens with zero attached hydrogens (tertiary/aromatic N) is 2. The Kier molecular flexibility index (Phi) is 9.39. The van der Waals surface area contributed by atoms with E-state index in [1.807, 2.05) is 20.0 Å². The molecule has 1 fully saturated rings. The molecule has 25 heavy (non-hydrogen) atoms. The van der Waals surface area contributed by atoms with Gasteiger partial charge in [-0.3, -0.25) is 9.69 Å². The van der Waals surface area contributed by atoms with Crippen molar-refractivity contribution in [1.82, 2.24) is 15.1 Å². The summed E-state index contributed by atoms with van der Waals surface area (Å²) < 4.78 is 13.3. The summed E-state index contributed by atoms with van der Waals surface area (Å²) in [6.45, 7) is 5.46. The highest BCUT2D eigenvalue weighted by molar-refractivity contribution is 5.85. The molecule has 1 amide bonds. The Morgan fingerprint density at radius 1 is 1.40 bits per heavy atom. The van der Waals surface area contributed by atoms with E-state index in [1.54, 1.807) is 18.0 Å². The maximum Gasteiger partial charge on any atom is 0.239 e. The molecule has 0 radical (unpaired) electrons. The minimum absolute atomic E-state index is 0. The van der Waals surface area contributed by atoms with Gasteiger partial charge >= 0.3 is 0 Å². The van der Waals surface area contributed by atoms with E-state index in [0.717, 1.165) is 44.0 Å². The molecule has 1 unspecified atom stereocenters. The molecule has 2 rings (SSSR count). The highest BCUT2D eigenvalue weighted by atomic mass is 35.5. The van der Waals surface area contributed by atoms with Crippen LogP contribution in [-0.4, -0.2) is 55.5 Å². The fourth-order valence-corrected chi connectivity index (χ4v) is 3.44. The van der Waals surface area contributed by atoms with E-state index < -0.39 is 0 Å². The van der Waals surface area contributed by atoms with E-state index in [9.17, 15) is 9.18 Å². The SMILES string of the molecule is CNCCC1CCN(C(C)C(=O)N(C)Cc2cccc(F)c2)CC1.Cl. The zero-order valence-corrected chi connectivity index (χ0v) is 16.3. The van der Waals surface area contributed by atoms with Crippen molar-refractivity contribution < 1.29 is 9.18 Å². The van der Waals surface area contributed by atoms with Gasteiger partial charge in [-0.15, -0.1) is 12.4 Å². The van der Waals surface area contributed by atoms with Crippen LogP contribution in [0.3, 0.4) is 0 Å². The van der Waals surface area contributed by atoms with Crippen molar-refractivity contribution in [3.8, 4) is 0 Å². The van der Waals surface area contributed by atoms with E-state index in [2.05, 4.69) is 10.2 Å². The number of rotatable bonds is 7. The Balaban J connectivity index is 0.00000312. The molecule has 0 aromatic heterocycles. The summed E-state index contributed by atoms with van der Waals surface area (Å²) >= 11 is 0. The summed E-state index contributed by atoms with van der Waals surface area (Å²) in [6, 6.07) is 6.33. The van der Waals surface area contributed by atoms with Gasteiger partial charge in [0.2, 0.25) is 5.91 Å². The van der Waals surface area contributed by atoms with Crippen LogP contribution in [-0.2, 0) is 11.3 Å². The topological polar surface area (TPSA) is 35.6 Å². The molecule has 1 aromatic rings. The molecule has 1 aromatic carbocycles. The number of carbonyl (C=O) groups excluding carboxylic acids is 1. The van der Waals surface area contributed by atoms with E-state index in [1.165, 1.54) is 18.6 Å². The number of carbonyl (C=O) groups is 1. The number of likely N-dealkylation sites (N-methyl/N-ethyl adjacent to an activating group) is 1. The molecule has 6 heteroatoms. The Morgan fingerprint density at radius 2 is 2.08 bits per heavy atom. The zero-order valence-electron chi connectivity index (χ0n) is 15.5. The molecule has 0 aliphatic carbocycles. The smallest absolute Gasteiger partial charge is 0.239 e. The van der Waals surface area contributed by atoms with Crippen molar-refractivity contribution in [3.05, 3.63) is 35.6 Å². The summed E-state index contributed by atoms with van der Waals surface area (Å²) in [6.07, 6.45) is 3.53. The van der Waals surface area contributed by atoms with Gasteiger partial charge in [-0.1, -0.05) is 12.1 Å². The van der Waals surface area contributed by atoms with Gasteiger partial charge in [-0.2, -0.15) is 0 Å². The van der Waals surface area contributed by atoms with Gasteiger partial charge in [0, 0.05) is 13.6 Å². The van der Waals surface area contributed by atoms with Crippen molar-refractivity contribution in [3.63, 3.8) is 0 Å². The molecule has 0 bridgehead atoms. The second-order valence-corrected chi connectivity index (χ2v) is 6.87. The molecule has 1 heterocycles. The van der Waals surface area contributed by atoms with Gasteiger partial charge in [0.05, 0.1) is 6.04 Å². The molecule has 1 N–H and O–H groups in total. The van der Waals surface area contributed by atoms with Crippen molar-refractivity contribution in [2.24, 2.45) is 5.92 Å². The van der Waals surface area contributed by atoms with Crippen LogP contribution in [0.15, 0.2) is 24.3 Å². The first-order valence-corrected chi connectivity index (χ1v) is 8.89. The van der Waals surface area contributed by atoms with Crippen LogP contribution in [0.25, 0.3) is 0 Å². The highest BCUT2D eigenvalue weighted by Crippen LogP contribution is 2.22. The predicted octanol–water partition coefficient (Wildman–Crippen LogP) is 2.92. The predicted molar refractivity (Wildman–Crippen MR) is 102 cm³/mol. The molecule has 0 saturated carbocycles. The number of halogens is 2. The van der Waals surface area contributed by atoms with E-state index in [4.69, 9.17) is 0 Å². The van der Waals surface area contributed by atoms with Gasteiger partial charge in [0.25, 0.3) is 0 Å². The summed E-state index contributed by atoms with van der Waals surface area (Å²) in [5.74, 6) is 0.610. The monoisotopic (exact) mass is 371 g/mol. The molecule has 4 nitrogen and oxygen atoms in total. The van der Waals surface area contributed by atoms with Crippen LogP contribution in [0.4, 0.5) is 4.39 Å². The Morgan fingerprint density at radius 3 is 2.68 bits per heavy atom. The minimum Gasteiger partial charge on any atom is -0.340 e. The zero-order chi connectivity index (χ0) is 17.5. The molecular formula is C19H31ClFN3O. The van der Waals surface area contributed by atoms with Gasteiger partial charge in [-0.05, 0) is 76.5 Å². The molecular weight excluding hydrogens is 341 g/mol. The average molecular weight is 372 g/mol. The van der Waals surface area contributed by atoms with Gasteiger partial charge in [0.1, 0.15) is 5.82 Å². The summed E-state index contributed by atoms with van der Waals surface area (Å²) in [4.78, 5) is 16.6. The lowest BCUT2D eigenvalue weighted by molar-refractivity contribution is -0.136. The lowest BCUT2D eigenvalue weighted by atomic mass is 9.92. The minimum atomic E-state index is -0.259. The fourth-order valence-electron chi connectivity index (χ4n) is 3.44. The number of nitrogens with one attached hydrogen (secondary N) is 1. The van der Waals surface area contributed by atoms with Crippen LogP contribution in [0.2, 0.25) is 0 Å². The third kappa shape index (κ3) is 6.57. The maximum absolute atomic E-state index is 13.3. The normalized spacial score (nSPS) is 17.0. The van der Waals surface area contributed by atoms with E-state index in [0.29, 0.717) is 6.54 Å². The third-order valence-electron chi connectivity index (χ3n) is 5.04. The van der Waals surface area contributed by atoms with Crippen LogP contribution >= 0.6 is 12.4 Å². The Hall–Kier alpha value is -1.17. The Labute approximate surface area is 157 Å². The first kappa shape index (κ1) is 21.9. The summed E-state index contributed by atoms with van der Waals surface area (Å²) in [5, 5.41) is 3.21. The molecule has 0 spiro atoms. The lowest BCUT2D eigenvalue weighted by Gasteiger charge is -2.36. The number of benzene rings is 1. The number of amides is 1. The van der Waals surface area contributed by atoms with Crippen LogP contribution in [0.5, 0.6) is 0 Å². The second kappa shape index (κ2) is 10.7. The van der Waals surface area contributed by atoms with Crippen molar-refractivity contribution in [1.29, 1.82) is 0 Å². The van der Waals surface area contributed by atoms with Crippen LogP contribution in [0, 0.1) is 11.7 Å². The van der Waals surface area contributed by atoms with E-state index >= 15 is 0 Å². The Bertz CT molecular complexity index is 535. The van der Waals surface area contributed by atoms with E-state index in [-0.39, 0.29) is 30.2 Å². The number of hydrogen-bond donors (Lipinski definition) is 1. The van der Waals surface area contributed by atoms with Gasteiger partial charge in [-0.25, -0.2) is 4.39 Å². The summed E-state index contributed by atoms with van der Waals surface area (Å²) in [7, 11) is 3.79. The van der Waals surface area contributed by atoms with Gasteiger partial charge < -0.3 is 10.2 Å². The fraction of sp³-hybridized carbons (Fsp3) is 0.632. The van der Waals surface area contributed by atoms with Crippen molar-refractivity contribution in [2.75, 3.05) is 33.7 Å². The standard InChI is InChI=1S/C19H30FN3O.ClH/c1-15(23-11-8-16(9-12-23)7-10-21-2)19(24)22(3)14-17-5-4-6-18(20)13-17;/h4-6,13,15-16,21H,7-12,14H2,1-3H3;1H. The van der Waals surface area contributed by atoms with Crippen LogP contribution in [0.1, 0.15) is 31.7 Å². The molecule has 1 saturated heterocycles. The number of hydrogen-bond acceptors (Lipinski definition) is 3. The molecule has 1 aliphatic heterocycles. The molecule has 1 atom stereocenters. The quantitative estimate of drug-likeness (QED) is 0.800. The first-order valence-electron chi connectivity index (χ1n) is 8.89. The molecule has 142 valence electrons. The largest absolute Gasteiger partial charge is 0.340 e. The average Bonchev–Trinajstić information content (AvgIpc) is 2.59. The maximum atomic E-state index is 13.3. The number of likely N-dealkylation sites (tertiary alicyclic amines) is 1. The number of piperidine rings is 1.